The van der Waals surface area contributed by atoms with Crippen LogP contribution < -0.4 is 16.0 Å². The first-order chi connectivity index (χ1) is 15.9. The largest absolute Gasteiger partial charge is 0.444 e. The minimum absolute atomic E-state index is 0.333. The smallest absolute Gasteiger partial charge is 0.407 e. The summed E-state index contributed by atoms with van der Waals surface area (Å²) < 4.78 is 5.22. The van der Waals surface area contributed by atoms with Crippen molar-refractivity contribution in [1.82, 2.24) is 16.0 Å². The van der Waals surface area contributed by atoms with Crippen LogP contribution in [-0.4, -0.2) is 37.9 Å². The van der Waals surface area contributed by atoms with Crippen molar-refractivity contribution in [3.63, 3.8) is 0 Å². The van der Waals surface area contributed by atoms with Crippen molar-refractivity contribution < 1.29 is 9.53 Å². The van der Waals surface area contributed by atoms with E-state index in [1.165, 1.54) is 68.9 Å². The van der Waals surface area contributed by atoms with E-state index in [-0.39, 0.29) is 6.09 Å². The molecule has 0 heterocycles. The first-order valence-electron chi connectivity index (χ1n) is 13.4. The van der Waals surface area contributed by atoms with Gasteiger partial charge in [0.05, 0.1) is 0 Å². The van der Waals surface area contributed by atoms with Crippen LogP contribution in [-0.2, 0) is 17.7 Å². The summed E-state index contributed by atoms with van der Waals surface area (Å²) in [6.07, 6.45) is 13.5. The summed E-state index contributed by atoms with van der Waals surface area (Å²) in [6, 6.07) is 9.06. The summed E-state index contributed by atoms with van der Waals surface area (Å²) >= 11 is 0. The van der Waals surface area contributed by atoms with Gasteiger partial charge in [-0.2, -0.15) is 0 Å². The number of carbonyl (C=O) groups excluding carboxylic acids is 1. The van der Waals surface area contributed by atoms with E-state index in [0.29, 0.717) is 6.54 Å². The molecule has 0 radical (unpaired) electrons. The van der Waals surface area contributed by atoms with Crippen molar-refractivity contribution in [2.75, 3.05) is 26.2 Å². The summed E-state index contributed by atoms with van der Waals surface area (Å²) in [6.45, 7) is 12.6. The average Bonchev–Trinajstić information content (AvgIpc) is 2.76. The molecule has 0 aromatic heterocycles. The minimum atomic E-state index is -0.437. The highest BCUT2D eigenvalue weighted by Gasteiger charge is 2.15. The van der Waals surface area contributed by atoms with Gasteiger partial charge in [0, 0.05) is 13.1 Å². The SMILES string of the molecule is CCCCCCCCNCc1cccc(CCCCCNCCCNC(=O)OC(C)(C)C)c1. The normalized spacial score (nSPS) is 11.5. The van der Waals surface area contributed by atoms with Crippen LogP contribution in [0.3, 0.4) is 0 Å². The lowest BCUT2D eigenvalue weighted by Crippen LogP contribution is -2.34. The Bertz CT molecular complexity index is 613. The minimum Gasteiger partial charge on any atom is -0.444 e. The van der Waals surface area contributed by atoms with Crippen molar-refractivity contribution in [2.45, 2.75) is 110 Å². The van der Waals surface area contributed by atoms with Gasteiger partial charge in [-0.15, -0.1) is 0 Å². The van der Waals surface area contributed by atoms with Gasteiger partial charge in [0.25, 0.3) is 0 Å². The van der Waals surface area contributed by atoms with Crippen LogP contribution in [0.4, 0.5) is 4.79 Å². The van der Waals surface area contributed by atoms with E-state index in [9.17, 15) is 4.79 Å². The standard InChI is InChI=1S/C28H51N3O2/c1-5-6-7-8-9-12-20-30-24-26-18-14-17-25(23-26)16-11-10-13-19-29-21-15-22-31-27(32)33-28(2,3)4/h14,17-18,23,29-30H,5-13,15-16,19-22,24H2,1-4H3,(H,31,32). The number of unbranched alkanes of at least 4 members (excludes halogenated alkanes) is 7. The third-order valence-corrected chi connectivity index (χ3v) is 5.55. The van der Waals surface area contributed by atoms with Crippen LogP contribution in [0.5, 0.6) is 0 Å². The predicted octanol–water partition coefficient (Wildman–Crippen LogP) is 6.35. The molecule has 0 fully saturated rings. The second kappa shape index (κ2) is 18.8. The first-order valence-corrected chi connectivity index (χ1v) is 13.4. The molecule has 1 rings (SSSR count). The molecule has 1 aromatic rings. The van der Waals surface area contributed by atoms with E-state index >= 15 is 0 Å². The lowest BCUT2D eigenvalue weighted by molar-refractivity contribution is 0.0527. The summed E-state index contributed by atoms with van der Waals surface area (Å²) in [7, 11) is 0. The number of hydrogen-bond donors (Lipinski definition) is 3. The van der Waals surface area contributed by atoms with Gasteiger partial charge in [-0.25, -0.2) is 4.79 Å². The summed E-state index contributed by atoms with van der Waals surface area (Å²) in [5.74, 6) is 0. The van der Waals surface area contributed by atoms with Crippen LogP contribution in [0.1, 0.15) is 103 Å². The fraction of sp³-hybridized carbons (Fsp3) is 0.750. The van der Waals surface area contributed by atoms with E-state index in [1.54, 1.807) is 0 Å². The van der Waals surface area contributed by atoms with Crippen LogP contribution in [0.25, 0.3) is 0 Å². The summed E-state index contributed by atoms with van der Waals surface area (Å²) in [5.41, 5.74) is 2.42. The maximum atomic E-state index is 11.6. The number of aryl methyl sites for hydroxylation is 1. The van der Waals surface area contributed by atoms with Crippen LogP contribution in [0, 0.1) is 0 Å². The number of rotatable bonds is 19. The monoisotopic (exact) mass is 461 g/mol. The zero-order chi connectivity index (χ0) is 24.2. The highest BCUT2D eigenvalue weighted by atomic mass is 16.6. The molecule has 0 aliphatic carbocycles. The van der Waals surface area contributed by atoms with Gasteiger partial charge < -0.3 is 20.7 Å². The molecule has 33 heavy (non-hydrogen) atoms. The molecule has 0 aliphatic rings. The maximum Gasteiger partial charge on any atom is 0.407 e. The van der Waals surface area contributed by atoms with Crippen molar-refractivity contribution >= 4 is 6.09 Å². The molecule has 1 amide bonds. The maximum absolute atomic E-state index is 11.6. The van der Waals surface area contributed by atoms with Crippen molar-refractivity contribution in [2.24, 2.45) is 0 Å². The molecule has 0 saturated heterocycles. The molecule has 0 unspecified atom stereocenters. The lowest BCUT2D eigenvalue weighted by atomic mass is 10.0. The summed E-state index contributed by atoms with van der Waals surface area (Å²) in [5, 5.41) is 9.86. The van der Waals surface area contributed by atoms with E-state index < -0.39 is 5.60 Å². The lowest BCUT2D eigenvalue weighted by Gasteiger charge is -2.19. The average molecular weight is 462 g/mol. The second-order valence-corrected chi connectivity index (χ2v) is 10.1. The number of ether oxygens (including phenoxy) is 1. The molecule has 0 bridgehead atoms. The number of hydrogen-bond acceptors (Lipinski definition) is 4. The molecule has 3 N–H and O–H groups in total. The molecule has 0 aliphatic heterocycles. The fourth-order valence-electron chi connectivity index (χ4n) is 3.76. The second-order valence-electron chi connectivity index (χ2n) is 10.1. The number of alkyl carbamates (subject to hydrolysis) is 1. The fourth-order valence-corrected chi connectivity index (χ4v) is 3.76. The molecule has 5 nitrogen and oxygen atoms in total. The third kappa shape index (κ3) is 18.5. The van der Waals surface area contributed by atoms with Crippen LogP contribution in [0.15, 0.2) is 24.3 Å². The van der Waals surface area contributed by atoms with E-state index in [0.717, 1.165) is 39.0 Å². The van der Waals surface area contributed by atoms with Gasteiger partial charge in [-0.3, -0.25) is 0 Å². The van der Waals surface area contributed by atoms with Gasteiger partial charge in [-0.05, 0) is 83.6 Å². The van der Waals surface area contributed by atoms with Gasteiger partial charge in [0.1, 0.15) is 5.60 Å². The molecule has 1 aromatic carbocycles. The Morgan fingerprint density at radius 3 is 2.18 bits per heavy atom. The van der Waals surface area contributed by atoms with Crippen LogP contribution >= 0.6 is 0 Å². The van der Waals surface area contributed by atoms with E-state index in [2.05, 4.69) is 47.1 Å². The zero-order valence-corrected chi connectivity index (χ0v) is 21.9. The Morgan fingerprint density at radius 2 is 1.42 bits per heavy atom. The Labute approximate surface area is 203 Å². The molecule has 190 valence electrons. The molecule has 0 spiro atoms. The molecular formula is C28H51N3O2. The van der Waals surface area contributed by atoms with Gasteiger partial charge in [0.15, 0.2) is 0 Å². The first kappa shape index (κ1) is 29.4. The Morgan fingerprint density at radius 1 is 0.788 bits per heavy atom. The van der Waals surface area contributed by atoms with E-state index in [4.69, 9.17) is 4.74 Å². The van der Waals surface area contributed by atoms with Gasteiger partial charge >= 0.3 is 6.09 Å². The summed E-state index contributed by atoms with van der Waals surface area (Å²) in [4.78, 5) is 11.6. The van der Waals surface area contributed by atoms with Gasteiger partial charge in [-0.1, -0.05) is 69.7 Å². The number of nitrogens with one attached hydrogen (secondary N) is 3. The molecular weight excluding hydrogens is 410 g/mol. The quantitative estimate of drug-likeness (QED) is 0.210. The Hall–Kier alpha value is -1.59. The van der Waals surface area contributed by atoms with E-state index in [1.807, 2.05) is 20.8 Å². The van der Waals surface area contributed by atoms with Crippen molar-refractivity contribution in [3.05, 3.63) is 35.4 Å². The van der Waals surface area contributed by atoms with Crippen molar-refractivity contribution in [1.29, 1.82) is 0 Å². The molecule has 0 atom stereocenters. The molecule has 0 saturated carbocycles. The highest BCUT2D eigenvalue weighted by molar-refractivity contribution is 5.67. The number of benzene rings is 1. The topological polar surface area (TPSA) is 62.4 Å². The highest BCUT2D eigenvalue weighted by Crippen LogP contribution is 2.10. The predicted molar refractivity (Wildman–Crippen MR) is 141 cm³/mol. The van der Waals surface area contributed by atoms with Crippen LogP contribution in [0.2, 0.25) is 0 Å². The number of carbonyl (C=O) groups is 1. The Kier molecular flexibility index (Phi) is 16.8. The molecule has 5 heteroatoms. The Balaban J connectivity index is 1.98. The van der Waals surface area contributed by atoms with Crippen molar-refractivity contribution in [3.8, 4) is 0 Å². The number of amides is 1. The van der Waals surface area contributed by atoms with Gasteiger partial charge in [0.2, 0.25) is 0 Å². The third-order valence-electron chi connectivity index (χ3n) is 5.55. The zero-order valence-electron chi connectivity index (χ0n) is 21.9.